The largest absolute Gasteiger partial charge is 0.398 e. The first kappa shape index (κ1) is 7.10. The zero-order valence-electron chi connectivity index (χ0n) is 6.91. The van der Waals surface area contributed by atoms with Gasteiger partial charge in [0.25, 0.3) is 0 Å². The number of rotatable bonds is 0. The van der Waals surface area contributed by atoms with Crippen LogP contribution < -0.4 is 5.73 Å². The molecule has 0 saturated heterocycles. The summed E-state index contributed by atoms with van der Waals surface area (Å²) in [6, 6.07) is 7.76. The Labute approximate surface area is 71.0 Å². The van der Waals surface area contributed by atoms with E-state index in [1.54, 1.807) is 6.20 Å². The van der Waals surface area contributed by atoms with Crippen molar-refractivity contribution in [1.82, 2.24) is 4.98 Å². The van der Waals surface area contributed by atoms with E-state index in [1.807, 2.05) is 31.2 Å². The van der Waals surface area contributed by atoms with Gasteiger partial charge in [-0.15, -0.1) is 0 Å². The number of anilines is 1. The molecule has 0 saturated carbocycles. The molecule has 2 N–H and O–H groups in total. The fraction of sp³-hybridized carbons (Fsp3) is 0.100. The second kappa shape index (κ2) is 2.48. The Morgan fingerprint density at radius 2 is 2.08 bits per heavy atom. The summed E-state index contributed by atoms with van der Waals surface area (Å²) in [4.78, 5) is 4.22. The lowest BCUT2D eigenvalue weighted by molar-refractivity contribution is 1.37. The van der Waals surface area contributed by atoms with Crippen molar-refractivity contribution in [2.45, 2.75) is 6.92 Å². The third-order valence-corrected chi connectivity index (χ3v) is 2.01. The Balaban J connectivity index is 2.96. The van der Waals surface area contributed by atoms with E-state index in [0.29, 0.717) is 0 Å². The van der Waals surface area contributed by atoms with Gasteiger partial charge in [0, 0.05) is 17.3 Å². The van der Waals surface area contributed by atoms with E-state index in [4.69, 9.17) is 5.73 Å². The van der Waals surface area contributed by atoms with Crippen LogP contribution in [0.1, 0.15) is 5.56 Å². The van der Waals surface area contributed by atoms with Gasteiger partial charge in [-0.05, 0) is 30.7 Å². The molecule has 1 heterocycles. The minimum absolute atomic E-state index is 0.804. The number of nitrogen functional groups attached to an aromatic ring is 1. The van der Waals surface area contributed by atoms with Gasteiger partial charge in [0.1, 0.15) is 0 Å². The molecule has 0 atom stereocenters. The van der Waals surface area contributed by atoms with Gasteiger partial charge in [0.2, 0.25) is 0 Å². The maximum absolute atomic E-state index is 5.82. The van der Waals surface area contributed by atoms with Crippen LogP contribution in [0.2, 0.25) is 0 Å². The summed E-state index contributed by atoms with van der Waals surface area (Å²) in [7, 11) is 0. The average molecular weight is 158 g/mol. The van der Waals surface area contributed by atoms with E-state index < -0.39 is 0 Å². The van der Waals surface area contributed by atoms with E-state index in [9.17, 15) is 0 Å². The number of aromatic nitrogens is 1. The van der Waals surface area contributed by atoms with E-state index in [2.05, 4.69) is 4.98 Å². The van der Waals surface area contributed by atoms with Crippen molar-refractivity contribution in [3.8, 4) is 0 Å². The predicted molar refractivity (Wildman–Crippen MR) is 50.9 cm³/mol. The van der Waals surface area contributed by atoms with Crippen LogP contribution in [0.25, 0.3) is 10.9 Å². The molecular formula is C10H10N2. The van der Waals surface area contributed by atoms with E-state index in [1.165, 1.54) is 5.56 Å². The lowest BCUT2D eigenvalue weighted by Crippen LogP contribution is -1.89. The maximum atomic E-state index is 5.82. The highest BCUT2D eigenvalue weighted by molar-refractivity contribution is 5.92. The molecule has 60 valence electrons. The van der Waals surface area contributed by atoms with Crippen LogP contribution in [-0.2, 0) is 0 Å². The average Bonchev–Trinajstić information content (AvgIpc) is 2.04. The Kier molecular flexibility index (Phi) is 1.47. The third-order valence-electron chi connectivity index (χ3n) is 2.01. The van der Waals surface area contributed by atoms with Gasteiger partial charge in [-0.25, -0.2) is 0 Å². The minimum atomic E-state index is 0.804. The summed E-state index contributed by atoms with van der Waals surface area (Å²) in [6.45, 7) is 2.04. The van der Waals surface area contributed by atoms with Crippen molar-refractivity contribution < 1.29 is 0 Å². The molecule has 0 aliphatic rings. The molecule has 2 aromatic rings. The van der Waals surface area contributed by atoms with Crippen LogP contribution in [0.3, 0.4) is 0 Å². The molecule has 0 aliphatic heterocycles. The Hall–Kier alpha value is -1.57. The number of nitrogens with zero attached hydrogens (tertiary/aromatic N) is 1. The maximum Gasteiger partial charge on any atom is 0.0725 e. The highest BCUT2D eigenvalue weighted by Gasteiger charge is 1.99. The van der Waals surface area contributed by atoms with Gasteiger partial charge in [0.15, 0.2) is 0 Å². The molecule has 12 heavy (non-hydrogen) atoms. The van der Waals surface area contributed by atoms with Crippen LogP contribution in [0.4, 0.5) is 5.69 Å². The zero-order chi connectivity index (χ0) is 8.55. The smallest absolute Gasteiger partial charge is 0.0725 e. The highest BCUT2D eigenvalue weighted by Crippen LogP contribution is 2.21. The number of hydrogen-bond acceptors (Lipinski definition) is 2. The summed E-state index contributed by atoms with van der Waals surface area (Å²) >= 11 is 0. The Bertz CT molecular complexity index is 384. The van der Waals surface area contributed by atoms with E-state index in [0.717, 1.165) is 16.6 Å². The molecule has 2 heteroatoms. The molecule has 1 aromatic carbocycles. The highest BCUT2D eigenvalue weighted by atomic mass is 14.7. The Morgan fingerprint density at radius 1 is 1.25 bits per heavy atom. The van der Waals surface area contributed by atoms with E-state index >= 15 is 0 Å². The van der Waals surface area contributed by atoms with Crippen LogP contribution in [0, 0.1) is 6.92 Å². The molecule has 2 rings (SSSR count). The number of hydrogen-bond donors (Lipinski definition) is 1. The SMILES string of the molecule is Cc1ccnc2cccc(N)c12. The van der Waals surface area contributed by atoms with Crippen LogP contribution in [-0.4, -0.2) is 4.98 Å². The fourth-order valence-electron chi connectivity index (χ4n) is 1.41. The number of nitrogens with two attached hydrogens (primary N) is 1. The number of aryl methyl sites for hydroxylation is 1. The number of fused-ring (bicyclic) bond motifs is 1. The normalized spacial score (nSPS) is 10.4. The zero-order valence-corrected chi connectivity index (χ0v) is 6.91. The summed E-state index contributed by atoms with van der Waals surface area (Å²) in [5, 5.41) is 1.07. The lowest BCUT2D eigenvalue weighted by Gasteiger charge is -2.02. The molecule has 0 aliphatic carbocycles. The third kappa shape index (κ3) is 0.925. The van der Waals surface area contributed by atoms with Gasteiger partial charge in [-0.1, -0.05) is 6.07 Å². The monoisotopic (exact) mass is 158 g/mol. The summed E-state index contributed by atoms with van der Waals surface area (Å²) in [5.74, 6) is 0. The first-order chi connectivity index (χ1) is 5.79. The van der Waals surface area contributed by atoms with Crippen molar-refractivity contribution in [2.75, 3.05) is 5.73 Å². The number of benzene rings is 1. The summed E-state index contributed by atoms with van der Waals surface area (Å²) in [6.07, 6.45) is 1.80. The standard InChI is InChI=1S/C10H10N2/c1-7-5-6-12-9-4-2-3-8(11)10(7)9/h2-6H,11H2,1H3. The second-order valence-electron chi connectivity index (χ2n) is 2.87. The van der Waals surface area contributed by atoms with Crippen LogP contribution in [0.5, 0.6) is 0 Å². The predicted octanol–water partition coefficient (Wildman–Crippen LogP) is 2.13. The number of pyridine rings is 1. The first-order valence-electron chi connectivity index (χ1n) is 3.89. The first-order valence-corrected chi connectivity index (χ1v) is 3.89. The van der Waals surface area contributed by atoms with Crippen molar-refractivity contribution in [3.05, 3.63) is 36.0 Å². The fourth-order valence-corrected chi connectivity index (χ4v) is 1.41. The molecule has 2 nitrogen and oxygen atoms in total. The van der Waals surface area contributed by atoms with Crippen molar-refractivity contribution in [1.29, 1.82) is 0 Å². The summed E-state index contributed by atoms with van der Waals surface area (Å²) < 4.78 is 0. The van der Waals surface area contributed by atoms with Crippen molar-refractivity contribution in [2.24, 2.45) is 0 Å². The second-order valence-corrected chi connectivity index (χ2v) is 2.87. The van der Waals surface area contributed by atoms with Gasteiger partial charge >= 0.3 is 0 Å². The molecule has 0 unspecified atom stereocenters. The van der Waals surface area contributed by atoms with Gasteiger partial charge in [-0.2, -0.15) is 0 Å². The minimum Gasteiger partial charge on any atom is -0.398 e. The topological polar surface area (TPSA) is 38.9 Å². The molecule has 0 bridgehead atoms. The van der Waals surface area contributed by atoms with Gasteiger partial charge in [0.05, 0.1) is 5.52 Å². The molecule has 0 amide bonds. The Morgan fingerprint density at radius 3 is 2.83 bits per heavy atom. The van der Waals surface area contributed by atoms with Gasteiger partial charge in [-0.3, -0.25) is 4.98 Å². The van der Waals surface area contributed by atoms with Crippen LogP contribution >= 0.6 is 0 Å². The molecular weight excluding hydrogens is 148 g/mol. The van der Waals surface area contributed by atoms with Crippen molar-refractivity contribution >= 4 is 16.6 Å². The molecule has 0 radical (unpaired) electrons. The van der Waals surface area contributed by atoms with Crippen LogP contribution in [0.15, 0.2) is 30.5 Å². The van der Waals surface area contributed by atoms with Gasteiger partial charge < -0.3 is 5.73 Å². The molecule has 0 spiro atoms. The lowest BCUT2D eigenvalue weighted by atomic mass is 10.1. The van der Waals surface area contributed by atoms with E-state index in [-0.39, 0.29) is 0 Å². The quantitative estimate of drug-likeness (QED) is 0.596. The molecule has 1 aromatic heterocycles. The summed E-state index contributed by atoms with van der Waals surface area (Å²) in [5.41, 5.74) is 8.77. The van der Waals surface area contributed by atoms with Crippen molar-refractivity contribution in [3.63, 3.8) is 0 Å². The molecule has 0 fully saturated rings.